The minimum atomic E-state index is -0.335. The molecule has 2 rings (SSSR count). The Morgan fingerprint density at radius 3 is 2.63 bits per heavy atom. The Morgan fingerprint density at radius 1 is 1.26 bits per heavy atom. The van der Waals surface area contributed by atoms with Gasteiger partial charge in [0, 0.05) is 18.3 Å². The molecule has 0 radical (unpaired) electrons. The van der Waals surface area contributed by atoms with Crippen LogP contribution in [0, 0.1) is 19.7 Å². The van der Waals surface area contributed by atoms with Crippen molar-refractivity contribution in [1.29, 1.82) is 0 Å². The van der Waals surface area contributed by atoms with Crippen LogP contribution in [0.25, 0.3) is 0 Å². The highest BCUT2D eigenvalue weighted by Gasteiger charge is 2.08. The Morgan fingerprint density at radius 2 is 2.00 bits per heavy atom. The third kappa shape index (κ3) is 2.88. The van der Waals surface area contributed by atoms with E-state index < -0.39 is 0 Å². The van der Waals surface area contributed by atoms with Gasteiger partial charge in [0.2, 0.25) is 0 Å². The second kappa shape index (κ2) is 5.32. The number of hydrogen-bond donors (Lipinski definition) is 1. The molecule has 1 heterocycles. The van der Waals surface area contributed by atoms with E-state index in [1.807, 2.05) is 0 Å². The third-order valence-electron chi connectivity index (χ3n) is 3.04. The van der Waals surface area contributed by atoms with E-state index in [4.69, 9.17) is 5.73 Å². The lowest BCUT2D eigenvalue weighted by Gasteiger charge is -2.12. The van der Waals surface area contributed by atoms with Crippen LogP contribution in [0.3, 0.4) is 0 Å². The van der Waals surface area contributed by atoms with Gasteiger partial charge < -0.3 is 5.73 Å². The predicted molar refractivity (Wildman–Crippen MR) is 71.4 cm³/mol. The number of aromatic nitrogens is 2. The Hall–Kier alpha value is -2.01. The number of benzene rings is 1. The first-order chi connectivity index (χ1) is 9.01. The molecule has 0 amide bonds. The first-order valence-electron chi connectivity index (χ1n) is 6.03. The molecule has 0 saturated carbocycles. The van der Waals surface area contributed by atoms with E-state index in [2.05, 4.69) is 4.98 Å². The first-order valence-corrected chi connectivity index (χ1v) is 6.03. The largest absolute Gasteiger partial charge is 0.326 e. The fraction of sp³-hybridized carbons (Fsp3) is 0.286. The molecule has 19 heavy (non-hydrogen) atoms. The molecule has 2 N–H and O–H groups in total. The van der Waals surface area contributed by atoms with Gasteiger partial charge in [-0.1, -0.05) is 6.07 Å². The lowest BCUT2D eigenvalue weighted by molar-refractivity contribution is 0.618. The van der Waals surface area contributed by atoms with E-state index >= 15 is 0 Å². The second-order valence-electron chi connectivity index (χ2n) is 4.49. The first kappa shape index (κ1) is 13.4. The molecule has 0 unspecified atom stereocenters. The summed E-state index contributed by atoms with van der Waals surface area (Å²) in [5.41, 5.74) is 7.70. The summed E-state index contributed by atoms with van der Waals surface area (Å²) in [6, 6.07) is 5.89. The van der Waals surface area contributed by atoms with E-state index in [-0.39, 0.29) is 17.9 Å². The zero-order valence-electron chi connectivity index (χ0n) is 11.0. The van der Waals surface area contributed by atoms with Crippen LogP contribution in [0.2, 0.25) is 0 Å². The Labute approximate surface area is 110 Å². The standard InChI is InChI=1S/C14H16FN3O/c1-9-5-14(19)18(10(2)17-9)8-12-6-13(15)4-3-11(12)7-16/h3-6H,7-8,16H2,1-2H3. The van der Waals surface area contributed by atoms with Crippen LogP contribution in [-0.2, 0) is 13.1 Å². The van der Waals surface area contributed by atoms with Gasteiger partial charge >= 0.3 is 0 Å². The van der Waals surface area contributed by atoms with Gasteiger partial charge in [-0.2, -0.15) is 0 Å². The van der Waals surface area contributed by atoms with E-state index in [9.17, 15) is 9.18 Å². The maximum Gasteiger partial charge on any atom is 0.254 e. The molecular formula is C14H16FN3O. The molecule has 0 fully saturated rings. The summed E-state index contributed by atoms with van der Waals surface area (Å²) >= 11 is 0. The number of nitrogens with zero attached hydrogens (tertiary/aromatic N) is 2. The topological polar surface area (TPSA) is 60.9 Å². The molecule has 0 aliphatic heterocycles. The summed E-state index contributed by atoms with van der Waals surface area (Å²) in [7, 11) is 0. The van der Waals surface area contributed by atoms with Crippen LogP contribution >= 0.6 is 0 Å². The summed E-state index contributed by atoms with van der Waals surface area (Å²) in [6.45, 7) is 4.12. The molecule has 0 aliphatic rings. The number of rotatable bonds is 3. The normalized spacial score (nSPS) is 10.7. The van der Waals surface area contributed by atoms with Gasteiger partial charge in [0.15, 0.2) is 0 Å². The van der Waals surface area contributed by atoms with Crippen LogP contribution in [0.1, 0.15) is 22.6 Å². The number of halogens is 1. The maximum absolute atomic E-state index is 13.3. The van der Waals surface area contributed by atoms with Crippen molar-refractivity contribution in [1.82, 2.24) is 9.55 Å². The molecule has 100 valence electrons. The fourth-order valence-corrected chi connectivity index (χ4v) is 2.07. The lowest BCUT2D eigenvalue weighted by Crippen LogP contribution is -2.24. The van der Waals surface area contributed by atoms with Gasteiger partial charge in [-0.3, -0.25) is 9.36 Å². The summed E-state index contributed by atoms with van der Waals surface area (Å²) < 4.78 is 14.8. The van der Waals surface area contributed by atoms with Crippen molar-refractivity contribution in [3.8, 4) is 0 Å². The smallest absolute Gasteiger partial charge is 0.254 e. The van der Waals surface area contributed by atoms with Crippen molar-refractivity contribution >= 4 is 0 Å². The molecule has 0 bridgehead atoms. The van der Waals surface area contributed by atoms with Crippen LogP contribution in [0.15, 0.2) is 29.1 Å². The summed E-state index contributed by atoms with van der Waals surface area (Å²) in [4.78, 5) is 16.2. The highest BCUT2D eigenvalue weighted by atomic mass is 19.1. The highest BCUT2D eigenvalue weighted by Crippen LogP contribution is 2.12. The van der Waals surface area contributed by atoms with Crippen molar-refractivity contribution in [2.75, 3.05) is 0 Å². The van der Waals surface area contributed by atoms with Crippen molar-refractivity contribution in [2.45, 2.75) is 26.9 Å². The van der Waals surface area contributed by atoms with Crippen LogP contribution < -0.4 is 11.3 Å². The predicted octanol–water partition coefficient (Wildman–Crippen LogP) is 1.51. The number of nitrogens with two attached hydrogens (primary N) is 1. The van der Waals surface area contributed by atoms with Gasteiger partial charge in [-0.05, 0) is 37.1 Å². The zero-order chi connectivity index (χ0) is 14.0. The molecule has 0 aliphatic carbocycles. The average molecular weight is 261 g/mol. The summed E-state index contributed by atoms with van der Waals surface area (Å²) in [6.07, 6.45) is 0. The molecule has 1 aromatic heterocycles. The van der Waals surface area contributed by atoms with Crippen molar-refractivity contribution in [3.05, 3.63) is 63.1 Å². The van der Waals surface area contributed by atoms with E-state index in [1.165, 1.54) is 22.8 Å². The quantitative estimate of drug-likeness (QED) is 0.911. The van der Waals surface area contributed by atoms with Crippen molar-refractivity contribution in [3.63, 3.8) is 0 Å². The van der Waals surface area contributed by atoms with Gasteiger partial charge in [0.25, 0.3) is 5.56 Å². The maximum atomic E-state index is 13.3. The molecular weight excluding hydrogens is 245 g/mol. The summed E-state index contributed by atoms with van der Waals surface area (Å²) in [5.74, 6) is 0.273. The lowest BCUT2D eigenvalue weighted by atomic mass is 10.1. The number of aryl methyl sites for hydroxylation is 2. The molecule has 2 aromatic rings. The minimum Gasteiger partial charge on any atom is -0.326 e. The highest BCUT2D eigenvalue weighted by molar-refractivity contribution is 5.28. The second-order valence-corrected chi connectivity index (χ2v) is 4.49. The van der Waals surface area contributed by atoms with Crippen LogP contribution in [0.4, 0.5) is 4.39 Å². The molecule has 4 nitrogen and oxygen atoms in total. The zero-order valence-corrected chi connectivity index (χ0v) is 11.0. The Bertz CT molecular complexity index is 664. The molecule has 0 spiro atoms. The van der Waals surface area contributed by atoms with E-state index in [1.54, 1.807) is 19.9 Å². The molecule has 0 atom stereocenters. The van der Waals surface area contributed by atoms with Gasteiger partial charge in [-0.15, -0.1) is 0 Å². The molecule has 5 heteroatoms. The number of hydrogen-bond acceptors (Lipinski definition) is 3. The average Bonchev–Trinajstić information content (AvgIpc) is 2.34. The van der Waals surface area contributed by atoms with Crippen LogP contribution in [-0.4, -0.2) is 9.55 Å². The van der Waals surface area contributed by atoms with Crippen molar-refractivity contribution < 1.29 is 4.39 Å². The van der Waals surface area contributed by atoms with Crippen LogP contribution in [0.5, 0.6) is 0 Å². The van der Waals surface area contributed by atoms with Gasteiger partial charge in [-0.25, -0.2) is 9.37 Å². The third-order valence-corrected chi connectivity index (χ3v) is 3.04. The van der Waals surface area contributed by atoms with Crippen molar-refractivity contribution in [2.24, 2.45) is 5.73 Å². The Kier molecular flexibility index (Phi) is 3.76. The minimum absolute atomic E-state index is 0.141. The Balaban J connectivity index is 2.47. The van der Waals surface area contributed by atoms with E-state index in [0.717, 1.165) is 5.56 Å². The molecule has 0 saturated heterocycles. The monoisotopic (exact) mass is 261 g/mol. The SMILES string of the molecule is Cc1cc(=O)n(Cc2cc(F)ccc2CN)c(C)n1. The van der Waals surface area contributed by atoms with Gasteiger partial charge in [0.05, 0.1) is 6.54 Å². The molecule has 1 aromatic carbocycles. The fourth-order valence-electron chi connectivity index (χ4n) is 2.07. The summed E-state index contributed by atoms with van der Waals surface area (Å²) in [5, 5.41) is 0. The van der Waals surface area contributed by atoms with Gasteiger partial charge in [0.1, 0.15) is 11.6 Å². The van der Waals surface area contributed by atoms with E-state index in [0.29, 0.717) is 23.6 Å².